The van der Waals surface area contributed by atoms with E-state index < -0.39 is 0 Å². The predicted molar refractivity (Wildman–Crippen MR) is 84.4 cm³/mol. The summed E-state index contributed by atoms with van der Waals surface area (Å²) in [6.07, 6.45) is 3.03. The molecule has 2 unspecified atom stereocenters. The van der Waals surface area contributed by atoms with Gasteiger partial charge in [-0.1, -0.05) is 30.3 Å². The molecule has 1 aromatic heterocycles. The summed E-state index contributed by atoms with van der Waals surface area (Å²) < 4.78 is 0. The van der Waals surface area contributed by atoms with E-state index in [4.69, 9.17) is 0 Å². The van der Waals surface area contributed by atoms with Crippen LogP contribution < -0.4 is 5.32 Å². The van der Waals surface area contributed by atoms with Crippen molar-refractivity contribution in [3.05, 3.63) is 57.8 Å². The number of hydrogen-bond acceptors (Lipinski definition) is 3. The van der Waals surface area contributed by atoms with Crippen molar-refractivity contribution in [2.75, 3.05) is 6.61 Å². The van der Waals surface area contributed by atoms with Crippen LogP contribution in [-0.4, -0.2) is 17.6 Å². The van der Waals surface area contributed by atoms with Crippen molar-refractivity contribution in [1.29, 1.82) is 0 Å². The second kappa shape index (κ2) is 6.41. The number of benzene rings is 1. The van der Waals surface area contributed by atoms with Gasteiger partial charge in [-0.25, -0.2) is 0 Å². The molecule has 3 rings (SSSR count). The van der Waals surface area contributed by atoms with Gasteiger partial charge in [-0.15, -0.1) is 11.3 Å². The van der Waals surface area contributed by atoms with Gasteiger partial charge in [0.1, 0.15) is 0 Å². The lowest BCUT2D eigenvalue weighted by Gasteiger charge is -2.25. The van der Waals surface area contributed by atoms with Gasteiger partial charge in [0, 0.05) is 4.88 Å². The molecule has 0 saturated carbocycles. The monoisotopic (exact) mass is 301 g/mol. The summed E-state index contributed by atoms with van der Waals surface area (Å²) in [6, 6.07) is 11.4. The summed E-state index contributed by atoms with van der Waals surface area (Å²) in [5.74, 6) is -0.0463. The number of hydrogen-bond donors (Lipinski definition) is 2. The number of carbonyl (C=O) groups is 1. The van der Waals surface area contributed by atoms with Crippen LogP contribution >= 0.6 is 11.3 Å². The molecule has 0 radical (unpaired) electrons. The van der Waals surface area contributed by atoms with Crippen LogP contribution in [0.5, 0.6) is 0 Å². The number of aryl methyl sites for hydroxylation is 1. The van der Waals surface area contributed by atoms with E-state index in [1.165, 1.54) is 10.4 Å². The molecule has 3 nitrogen and oxygen atoms in total. The highest BCUT2D eigenvalue weighted by molar-refractivity contribution is 7.10. The maximum absolute atomic E-state index is 12.6. The SMILES string of the molecule is O=C(NC(CO)c1ccccc1)C1CCCc2sccc21. The molecule has 2 aromatic rings. The number of aliphatic hydroxyl groups is 1. The highest BCUT2D eigenvalue weighted by Crippen LogP contribution is 2.35. The van der Waals surface area contributed by atoms with Gasteiger partial charge in [0.05, 0.1) is 18.6 Å². The quantitative estimate of drug-likeness (QED) is 0.912. The highest BCUT2D eigenvalue weighted by atomic mass is 32.1. The summed E-state index contributed by atoms with van der Waals surface area (Å²) in [4.78, 5) is 13.9. The summed E-state index contributed by atoms with van der Waals surface area (Å²) in [5.41, 5.74) is 2.11. The van der Waals surface area contributed by atoms with Gasteiger partial charge in [0.15, 0.2) is 0 Å². The Morgan fingerprint density at radius 3 is 2.90 bits per heavy atom. The minimum atomic E-state index is -0.331. The number of fused-ring (bicyclic) bond motifs is 1. The standard InChI is InChI=1S/C17H19NO2S/c19-11-15(12-5-2-1-3-6-12)18-17(20)14-7-4-8-16-13(14)9-10-21-16/h1-3,5-6,9-10,14-15,19H,4,7-8,11H2,(H,18,20). The normalized spacial score (nSPS) is 18.8. The fraction of sp³-hybridized carbons (Fsp3) is 0.353. The molecule has 1 amide bonds. The Morgan fingerprint density at radius 2 is 2.14 bits per heavy atom. The Labute approximate surface area is 128 Å². The minimum absolute atomic E-state index is 0.0252. The molecule has 1 aliphatic rings. The van der Waals surface area contributed by atoms with Crippen LogP contribution in [0.2, 0.25) is 0 Å². The van der Waals surface area contributed by atoms with Gasteiger partial charge >= 0.3 is 0 Å². The molecule has 0 aliphatic heterocycles. The molecule has 21 heavy (non-hydrogen) atoms. The first-order chi connectivity index (χ1) is 10.3. The molecule has 4 heteroatoms. The number of carbonyl (C=O) groups excluding carboxylic acids is 1. The van der Waals surface area contributed by atoms with Crippen LogP contribution in [0.25, 0.3) is 0 Å². The molecule has 0 bridgehead atoms. The molecule has 110 valence electrons. The maximum atomic E-state index is 12.6. The average Bonchev–Trinajstić information content (AvgIpc) is 3.01. The predicted octanol–water partition coefficient (Wildman–Crippen LogP) is 3.02. The van der Waals surface area contributed by atoms with Gasteiger partial charge in [0.25, 0.3) is 0 Å². The zero-order valence-electron chi connectivity index (χ0n) is 11.8. The minimum Gasteiger partial charge on any atom is -0.394 e. The van der Waals surface area contributed by atoms with Crippen molar-refractivity contribution in [3.63, 3.8) is 0 Å². The van der Waals surface area contributed by atoms with E-state index in [-0.39, 0.29) is 24.5 Å². The number of aliphatic hydroxyl groups excluding tert-OH is 1. The van der Waals surface area contributed by atoms with Crippen molar-refractivity contribution in [1.82, 2.24) is 5.32 Å². The van der Waals surface area contributed by atoms with E-state index in [1.807, 2.05) is 30.3 Å². The highest BCUT2D eigenvalue weighted by Gasteiger charge is 2.28. The van der Waals surface area contributed by atoms with E-state index >= 15 is 0 Å². The van der Waals surface area contributed by atoms with Crippen LogP contribution in [-0.2, 0) is 11.2 Å². The van der Waals surface area contributed by atoms with E-state index in [1.54, 1.807) is 11.3 Å². The number of thiophene rings is 1. The molecule has 0 saturated heterocycles. The van der Waals surface area contributed by atoms with Crippen molar-refractivity contribution in [2.24, 2.45) is 0 Å². The fourth-order valence-corrected chi connectivity index (χ4v) is 3.94. The Kier molecular flexibility index (Phi) is 4.36. The Hall–Kier alpha value is -1.65. The lowest BCUT2D eigenvalue weighted by molar-refractivity contribution is -0.124. The molecule has 1 heterocycles. The summed E-state index contributed by atoms with van der Waals surface area (Å²) in [6.45, 7) is -0.0844. The van der Waals surface area contributed by atoms with Gasteiger partial charge in [-0.3, -0.25) is 4.79 Å². The zero-order chi connectivity index (χ0) is 14.7. The van der Waals surface area contributed by atoms with Crippen molar-refractivity contribution in [2.45, 2.75) is 31.2 Å². The second-order valence-corrected chi connectivity index (χ2v) is 6.40. The largest absolute Gasteiger partial charge is 0.394 e. The van der Waals surface area contributed by atoms with Gasteiger partial charge in [0.2, 0.25) is 5.91 Å². The first-order valence-corrected chi connectivity index (χ1v) is 8.20. The van der Waals surface area contributed by atoms with E-state index in [2.05, 4.69) is 16.8 Å². The van der Waals surface area contributed by atoms with E-state index in [9.17, 15) is 9.90 Å². The number of rotatable bonds is 4. The van der Waals surface area contributed by atoms with Crippen LogP contribution in [0.4, 0.5) is 0 Å². The Bertz CT molecular complexity index is 608. The van der Waals surface area contributed by atoms with E-state index in [0.717, 1.165) is 24.8 Å². The third kappa shape index (κ3) is 3.01. The Balaban J connectivity index is 1.75. The Morgan fingerprint density at radius 1 is 1.33 bits per heavy atom. The zero-order valence-corrected chi connectivity index (χ0v) is 12.6. The van der Waals surface area contributed by atoms with Gasteiger partial charge < -0.3 is 10.4 Å². The molecule has 1 aliphatic carbocycles. The topological polar surface area (TPSA) is 49.3 Å². The molecule has 1 aromatic carbocycles. The molecule has 0 spiro atoms. The third-order valence-corrected chi connectivity index (χ3v) is 5.07. The number of amides is 1. The van der Waals surface area contributed by atoms with Crippen LogP contribution in [0.15, 0.2) is 41.8 Å². The molecule has 2 N–H and O–H groups in total. The van der Waals surface area contributed by atoms with Crippen molar-refractivity contribution < 1.29 is 9.90 Å². The first kappa shape index (κ1) is 14.3. The summed E-state index contributed by atoms with van der Waals surface area (Å²) in [5, 5.41) is 14.6. The average molecular weight is 301 g/mol. The first-order valence-electron chi connectivity index (χ1n) is 7.32. The molecular weight excluding hydrogens is 282 g/mol. The third-order valence-electron chi connectivity index (χ3n) is 4.07. The fourth-order valence-electron chi connectivity index (χ4n) is 2.95. The molecule has 2 atom stereocenters. The molecule has 0 fully saturated rings. The smallest absolute Gasteiger partial charge is 0.228 e. The van der Waals surface area contributed by atoms with E-state index in [0.29, 0.717) is 0 Å². The van der Waals surface area contributed by atoms with Gasteiger partial charge in [-0.05, 0) is 41.8 Å². The van der Waals surface area contributed by atoms with Crippen LogP contribution in [0.1, 0.15) is 40.8 Å². The second-order valence-electron chi connectivity index (χ2n) is 5.40. The molecular formula is C17H19NO2S. The maximum Gasteiger partial charge on any atom is 0.228 e. The van der Waals surface area contributed by atoms with Gasteiger partial charge in [-0.2, -0.15) is 0 Å². The lowest BCUT2D eigenvalue weighted by Crippen LogP contribution is -2.35. The van der Waals surface area contributed by atoms with Crippen molar-refractivity contribution >= 4 is 17.2 Å². The van der Waals surface area contributed by atoms with Crippen molar-refractivity contribution in [3.8, 4) is 0 Å². The van der Waals surface area contributed by atoms with Crippen LogP contribution in [0, 0.1) is 0 Å². The summed E-state index contributed by atoms with van der Waals surface area (Å²) in [7, 11) is 0. The summed E-state index contributed by atoms with van der Waals surface area (Å²) >= 11 is 1.74. The number of nitrogens with one attached hydrogen (secondary N) is 1. The van der Waals surface area contributed by atoms with Crippen LogP contribution in [0.3, 0.4) is 0 Å². The lowest BCUT2D eigenvalue weighted by atomic mass is 9.87.